The van der Waals surface area contributed by atoms with Gasteiger partial charge in [0.15, 0.2) is 0 Å². The van der Waals surface area contributed by atoms with Crippen LogP contribution < -0.4 is 5.32 Å². The molecule has 1 N–H and O–H groups in total. The number of nitrogens with zero attached hydrogens (tertiary/aromatic N) is 1. The molecule has 4 nitrogen and oxygen atoms in total. The molecule has 2 aromatic rings. The summed E-state index contributed by atoms with van der Waals surface area (Å²) in [6.45, 7) is 4.95. The highest BCUT2D eigenvalue weighted by Crippen LogP contribution is 2.05. The molecular formula is C19H22N2O2. The van der Waals surface area contributed by atoms with Gasteiger partial charge in [-0.15, -0.1) is 0 Å². The largest absolute Gasteiger partial charge is 0.465 e. The van der Waals surface area contributed by atoms with Gasteiger partial charge in [-0.2, -0.15) is 0 Å². The van der Waals surface area contributed by atoms with Crippen LogP contribution in [0.15, 0.2) is 59.6 Å². The zero-order chi connectivity index (χ0) is 16.5. The summed E-state index contributed by atoms with van der Waals surface area (Å²) in [4.78, 5) is 16.7. The van der Waals surface area contributed by atoms with Gasteiger partial charge in [-0.1, -0.05) is 55.0 Å². The molecule has 0 fully saturated rings. The molecule has 0 radical (unpaired) electrons. The fourth-order valence-corrected chi connectivity index (χ4v) is 2.02. The van der Waals surface area contributed by atoms with Crippen LogP contribution in [0.1, 0.15) is 34.8 Å². The molecule has 0 spiro atoms. The van der Waals surface area contributed by atoms with Crippen molar-refractivity contribution in [3.05, 3.63) is 71.3 Å². The Hall–Kier alpha value is -2.62. The van der Waals surface area contributed by atoms with Crippen LogP contribution >= 0.6 is 0 Å². The minimum atomic E-state index is -0.211. The number of aryl methyl sites for hydroxylation is 1. The molecule has 0 saturated heterocycles. The summed E-state index contributed by atoms with van der Waals surface area (Å²) in [5.74, 6) is -0.211. The van der Waals surface area contributed by atoms with Gasteiger partial charge in [0.2, 0.25) is 0 Å². The van der Waals surface area contributed by atoms with E-state index in [2.05, 4.69) is 10.3 Å². The van der Waals surface area contributed by atoms with Crippen LogP contribution in [0, 0.1) is 6.92 Å². The second kappa shape index (κ2) is 8.73. The third-order valence-electron chi connectivity index (χ3n) is 3.19. The molecule has 120 valence electrons. The number of hydrogen-bond acceptors (Lipinski definition) is 3. The van der Waals surface area contributed by atoms with E-state index in [4.69, 9.17) is 4.74 Å². The summed E-state index contributed by atoms with van der Waals surface area (Å²) in [7, 11) is 0. The number of hydrogen-bond donors (Lipinski definition) is 1. The van der Waals surface area contributed by atoms with E-state index in [1.807, 2.05) is 62.4 Å². The lowest BCUT2D eigenvalue weighted by atomic mass is 10.1. The first-order chi connectivity index (χ1) is 11.2. The van der Waals surface area contributed by atoms with Crippen LogP contribution in [0.5, 0.6) is 0 Å². The van der Waals surface area contributed by atoms with Gasteiger partial charge in [0.1, 0.15) is 0 Å². The van der Waals surface area contributed by atoms with Crippen molar-refractivity contribution in [2.45, 2.75) is 26.8 Å². The fourth-order valence-electron chi connectivity index (χ4n) is 2.02. The topological polar surface area (TPSA) is 50.7 Å². The van der Waals surface area contributed by atoms with Crippen molar-refractivity contribution in [2.75, 3.05) is 6.61 Å². The van der Waals surface area contributed by atoms with E-state index in [0.29, 0.717) is 18.7 Å². The number of carbonyl (C=O) groups excluding carboxylic acids is 1. The standard InChI is InChI=1S/C19H22N2O2/c1-3-12-23-19(20-14-16-9-5-4-6-10-16)21-18(22)17-11-7-8-15(2)13-17/h4-11,13H,3,12,14H2,1-2H3,(H,20,21,22). The van der Waals surface area contributed by atoms with Gasteiger partial charge in [-0.05, 0) is 31.0 Å². The Kier molecular flexibility index (Phi) is 6.36. The second-order valence-corrected chi connectivity index (χ2v) is 5.28. The predicted octanol–water partition coefficient (Wildman–Crippen LogP) is 3.71. The average Bonchev–Trinajstić information content (AvgIpc) is 2.58. The Morgan fingerprint density at radius 1 is 1.13 bits per heavy atom. The number of ether oxygens (including phenoxy) is 1. The van der Waals surface area contributed by atoms with Crippen molar-refractivity contribution < 1.29 is 9.53 Å². The molecule has 4 heteroatoms. The van der Waals surface area contributed by atoms with E-state index in [0.717, 1.165) is 17.5 Å². The number of amidine groups is 1. The van der Waals surface area contributed by atoms with Crippen molar-refractivity contribution in [3.63, 3.8) is 0 Å². The molecule has 0 atom stereocenters. The van der Waals surface area contributed by atoms with Crippen LogP contribution in [0.2, 0.25) is 0 Å². The molecule has 0 aliphatic heterocycles. The van der Waals surface area contributed by atoms with E-state index in [1.165, 1.54) is 0 Å². The Balaban J connectivity index is 2.07. The van der Waals surface area contributed by atoms with Gasteiger partial charge in [-0.25, -0.2) is 4.99 Å². The summed E-state index contributed by atoms with van der Waals surface area (Å²) in [5.41, 5.74) is 2.70. The van der Waals surface area contributed by atoms with E-state index >= 15 is 0 Å². The molecular weight excluding hydrogens is 288 g/mol. The molecule has 0 heterocycles. The summed E-state index contributed by atoms with van der Waals surface area (Å²) < 4.78 is 5.55. The number of carbonyl (C=O) groups is 1. The number of nitrogens with one attached hydrogen (secondary N) is 1. The maximum Gasteiger partial charge on any atom is 0.292 e. The average molecular weight is 310 g/mol. The molecule has 2 rings (SSSR count). The van der Waals surface area contributed by atoms with Crippen LogP contribution in [0.4, 0.5) is 0 Å². The Labute approximate surface area is 137 Å². The summed E-state index contributed by atoms with van der Waals surface area (Å²) in [6, 6.07) is 17.6. The lowest BCUT2D eigenvalue weighted by molar-refractivity contribution is 0.0965. The van der Waals surface area contributed by atoms with Crippen LogP contribution in [0.3, 0.4) is 0 Å². The van der Waals surface area contributed by atoms with E-state index < -0.39 is 0 Å². The van der Waals surface area contributed by atoms with Gasteiger partial charge < -0.3 is 4.74 Å². The summed E-state index contributed by atoms with van der Waals surface area (Å²) in [6.07, 6.45) is 0.852. The van der Waals surface area contributed by atoms with E-state index in [9.17, 15) is 4.79 Å². The van der Waals surface area contributed by atoms with Gasteiger partial charge in [0, 0.05) is 5.56 Å². The Morgan fingerprint density at radius 3 is 2.61 bits per heavy atom. The molecule has 2 aromatic carbocycles. The molecule has 0 aliphatic carbocycles. The summed E-state index contributed by atoms with van der Waals surface area (Å²) in [5, 5.41) is 2.75. The van der Waals surface area contributed by atoms with Crippen LogP contribution in [-0.2, 0) is 11.3 Å². The predicted molar refractivity (Wildman–Crippen MR) is 92.5 cm³/mol. The summed E-state index contributed by atoms with van der Waals surface area (Å²) >= 11 is 0. The van der Waals surface area contributed by atoms with Crippen molar-refractivity contribution in [1.82, 2.24) is 5.32 Å². The van der Waals surface area contributed by atoms with E-state index in [-0.39, 0.29) is 11.9 Å². The molecule has 0 aromatic heterocycles. The number of rotatable bonds is 5. The van der Waals surface area contributed by atoms with Gasteiger partial charge in [0.25, 0.3) is 11.9 Å². The highest BCUT2D eigenvalue weighted by atomic mass is 16.5. The lowest BCUT2D eigenvalue weighted by Crippen LogP contribution is -2.33. The first-order valence-corrected chi connectivity index (χ1v) is 7.78. The van der Waals surface area contributed by atoms with Crippen LogP contribution in [0.25, 0.3) is 0 Å². The molecule has 1 amide bonds. The number of amides is 1. The SMILES string of the molecule is CCCOC(=NCc1ccccc1)NC(=O)c1cccc(C)c1. The zero-order valence-corrected chi connectivity index (χ0v) is 13.6. The number of benzene rings is 2. The monoisotopic (exact) mass is 310 g/mol. The first-order valence-electron chi connectivity index (χ1n) is 7.78. The van der Waals surface area contributed by atoms with Crippen molar-refractivity contribution in [3.8, 4) is 0 Å². The Bertz CT molecular complexity index is 666. The van der Waals surface area contributed by atoms with Crippen molar-refractivity contribution in [1.29, 1.82) is 0 Å². The number of aliphatic imine (C=N–C) groups is 1. The van der Waals surface area contributed by atoms with Gasteiger partial charge >= 0.3 is 0 Å². The van der Waals surface area contributed by atoms with E-state index in [1.54, 1.807) is 6.07 Å². The zero-order valence-electron chi connectivity index (χ0n) is 13.6. The third kappa shape index (κ3) is 5.58. The van der Waals surface area contributed by atoms with Gasteiger partial charge in [0.05, 0.1) is 13.2 Å². The highest BCUT2D eigenvalue weighted by Gasteiger charge is 2.10. The Morgan fingerprint density at radius 2 is 1.91 bits per heavy atom. The van der Waals surface area contributed by atoms with Crippen molar-refractivity contribution in [2.24, 2.45) is 4.99 Å². The lowest BCUT2D eigenvalue weighted by Gasteiger charge is -2.10. The van der Waals surface area contributed by atoms with Crippen LogP contribution in [-0.4, -0.2) is 18.5 Å². The van der Waals surface area contributed by atoms with Crippen molar-refractivity contribution >= 4 is 11.9 Å². The second-order valence-electron chi connectivity index (χ2n) is 5.28. The molecule has 0 aliphatic rings. The molecule has 0 bridgehead atoms. The minimum absolute atomic E-state index is 0.211. The fraction of sp³-hybridized carbons (Fsp3) is 0.263. The normalized spacial score (nSPS) is 11.1. The molecule has 23 heavy (non-hydrogen) atoms. The first kappa shape index (κ1) is 16.7. The maximum atomic E-state index is 12.3. The smallest absolute Gasteiger partial charge is 0.292 e. The molecule has 0 saturated carbocycles. The quantitative estimate of drug-likeness (QED) is 0.676. The third-order valence-corrected chi connectivity index (χ3v) is 3.19. The maximum absolute atomic E-state index is 12.3. The highest BCUT2D eigenvalue weighted by molar-refractivity contribution is 6.04. The minimum Gasteiger partial charge on any atom is -0.465 e. The van der Waals surface area contributed by atoms with Gasteiger partial charge in [-0.3, -0.25) is 10.1 Å². The molecule has 0 unspecified atom stereocenters.